The van der Waals surface area contributed by atoms with Crippen molar-refractivity contribution in [2.24, 2.45) is 0 Å². The van der Waals surface area contributed by atoms with Gasteiger partial charge in [0, 0.05) is 36.3 Å². The largest absolute Gasteiger partial charge is 0.472 e. The summed E-state index contributed by atoms with van der Waals surface area (Å²) < 4.78 is 5.11. The fourth-order valence-corrected chi connectivity index (χ4v) is 2.88. The van der Waals surface area contributed by atoms with E-state index in [9.17, 15) is 0 Å². The monoisotopic (exact) mass is 369 g/mol. The number of pyridine rings is 2. The van der Waals surface area contributed by atoms with Gasteiger partial charge in [-0.1, -0.05) is 6.07 Å². The molecule has 8 nitrogen and oxygen atoms in total. The zero-order valence-corrected chi connectivity index (χ0v) is 14.7. The standard InChI is InChI=1S/C20H15N7O/c1-2-14(10-21-6-1)18-26-19(17-20(27-18)25-12-24-17)23-9-13-3-4-16(22-8-13)15-5-7-28-11-15/h1-8,10-12H,9H2,(H2,23,24,25,26,27). The van der Waals surface area contributed by atoms with Gasteiger partial charge in [-0.05, 0) is 29.8 Å². The molecule has 2 N–H and O–H groups in total. The fraction of sp³-hybridized carbons (Fsp3) is 0.0500. The minimum atomic E-state index is 0.566. The molecule has 0 atom stereocenters. The Kier molecular flexibility index (Phi) is 3.98. The van der Waals surface area contributed by atoms with E-state index in [1.54, 1.807) is 31.2 Å². The van der Waals surface area contributed by atoms with Gasteiger partial charge in [0.1, 0.15) is 5.52 Å². The zero-order valence-electron chi connectivity index (χ0n) is 14.7. The quantitative estimate of drug-likeness (QED) is 0.487. The molecule has 5 aromatic heterocycles. The minimum absolute atomic E-state index is 0.566. The van der Waals surface area contributed by atoms with Crippen LogP contribution >= 0.6 is 0 Å². The summed E-state index contributed by atoms with van der Waals surface area (Å²) in [5.74, 6) is 1.25. The van der Waals surface area contributed by atoms with Crippen molar-refractivity contribution in [1.82, 2.24) is 29.9 Å². The number of aromatic nitrogens is 6. The summed E-state index contributed by atoms with van der Waals surface area (Å²) >= 11 is 0. The van der Waals surface area contributed by atoms with Crippen molar-refractivity contribution in [3.05, 3.63) is 73.3 Å². The van der Waals surface area contributed by atoms with Gasteiger partial charge in [0.15, 0.2) is 17.3 Å². The van der Waals surface area contributed by atoms with Gasteiger partial charge in [0.25, 0.3) is 0 Å². The molecular weight excluding hydrogens is 354 g/mol. The van der Waals surface area contributed by atoms with E-state index < -0.39 is 0 Å². The van der Waals surface area contributed by atoms with Gasteiger partial charge in [-0.25, -0.2) is 15.0 Å². The Morgan fingerprint density at radius 3 is 2.79 bits per heavy atom. The van der Waals surface area contributed by atoms with Crippen LogP contribution in [0.1, 0.15) is 5.56 Å². The lowest BCUT2D eigenvalue weighted by molar-refractivity contribution is 0.568. The number of nitrogens with one attached hydrogen (secondary N) is 2. The highest BCUT2D eigenvalue weighted by Crippen LogP contribution is 2.23. The Morgan fingerprint density at radius 1 is 1.00 bits per heavy atom. The lowest BCUT2D eigenvalue weighted by Crippen LogP contribution is -2.04. The van der Waals surface area contributed by atoms with Gasteiger partial charge < -0.3 is 14.7 Å². The van der Waals surface area contributed by atoms with E-state index in [0.29, 0.717) is 23.8 Å². The molecule has 0 unspecified atom stereocenters. The van der Waals surface area contributed by atoms with Crippen LogP contribution in [-0.2, 0) is 6.54 Å². The lowest BCUT2D eigenvalue weighted by atomic mass is 10.2. The zero-order chi connectivity index (χ0) is 18.8. The molecule has 0 fully saturated rings. The first-order valence-electron chi connectivity index (χ1n) is 8.70. The van der Waals surface area contributed by atoms with Crippen molar-refractivity contribution in [3.8, 4) is 22.6 Å². The number of rotatable bonds is 5. The summed E-state index contributed by atoms with van der Waals surface area (Å²) in [6.45, 7) is 0.566. The van der Waals surface area contributed by atoms with Crippen molar-refractivity contribution < 1.29 is 4.42 Å². The Bertz CT molecular complexity index is 1200. The van der Waals surface area contributed by atoms with E-state index in [1.165, 1.54) is 0 Å². The van der Waals surface area contributed by atoms with Crippen molar-refractivity contribution in [2.45, 2.75) is 6.54 Å². The smallest absolute Gasteiger partial charge is 0.183 e. The van der Waals surface area contributed by atoms with E-state index in [2.05, 4.69) is 35.2 Å². The molecule has 0 aliphatic carbocycles. The average molecular weight is 369 g/mol. The summed E-state index contributed by atoms with van der Waals surface area (Å²) in [4.78, 5) is 25.1. The SMILES string of the molecule is c1cncc(-c2nc(NCc3ccc(-c4ccoc4)nc3)c3[nH]cnc3n2)c1. The van der Waals surface area contributed by atoms with Crippen molar-refractivity contribution in [2.75, 3.05) is 5.32 Å². The molecule has 0 saturated heterocycles. The van der Waals surface area contributed by atoms with Crippen LogP contribution in [0.2, 0.25) is 0 Å². The molecule has 5 rings (SSSR count). The summed E-state index contributed by atoms with van der Waals surface area (Å²) in [6, 6.07) is 9.65. The number of imidazole rings is 1. The molecule has 5 heterocycles. The van der Waals surface area contributed by atoms with Crippen LogP contribution in [0.4, 0.5) is 5.82 Å². The van der Waals surface area contributed by atoms with Gasteiger partial charge >= 0.3 is 0 Å². The van der Waals surface area contributed by atoms with Crippen LogP contribution < -0.4 is 5.32 Å². The van der Waals surface area contributed by atoms with Crippen LogP contribution in [0.25, 0.3) is 33.8 Å². The second kappa shape index (κ2) is 6.92. The molecular formula is C20H15N7O. The molecule has 0 aromatic carbocycles. The van der Waals surface area contributed by atoms with E-state index in [1.807, 2.05) is 36.5 Å². The summed E-state index contributed by atoms with van der Waals surface area (Å²) in [5.41, 5.74) is 5.05. The molecule has 0 aliphatic heterocycles. The van der Waals surface area contributed by atoms with Gasteiger partial charge in [0.2, 0.25) is 0 Å². The third-order valence-corrected chi connectivity index (χ3v) is 4.31. The van der Waals surface area contributed by atoms with Gasteiger partial charge in [0.05, 0.1) is 24.5 Å². The topological polar surface area (TPSA) is 105 Å². The van der Waals surface area contributed by atoms with Gasteiger partial charge in [-0.15, -0.1) is 0 Å². The first-order valence-corrected chi connectivity index (χ1v) is 8.70. The predicted molar refractivity (Wildman–Crippen MR) is 104 cm³/mol. The van der Waals surface area contributed by atoms with Gasteiger partial charge in [-0.2, -0.15) is 0 Å². The summed E-state index contributed by atoms with van der Waals surface area (Å²) in [6.07, 6.45) is 10.2. The second-order valence-corrected chi connectivity index (χ2v) is 6.16. The van der Waals surface area contributed by atoms with E-state index in [4.69, 9.17) is 4.42 Å². The van der Waals surface area contributed by atoms with Crippen molar-refractivity contribution >= 4 is 17.0 Å². The number of hydrogen-bond acceptors (Lipinski definition) is 7. The maximum absolute atomic E-state index is 5.11. The fourth-order valence-electron chi connectivity index (χ4n) is 2.88. The van der Waals surface area contributed by atoms with E-state index in [0.717, 1.165) is 27.9 Å². The number of fused-ring (bicyclic) bond motifs is 1. The third-order valence-electron chi connectivity index (χ3n) is 4.31. The molecule has 0 aliphatic rings. The first-order chi connectivity index (χ1) is 13.9. The number of nitrogens with zero attached hydrogens (tertiary/aromatic N) is 5. The highest BCUT2D eigenvalue weighted by molar-refractivity contribution is 5.84. The predicted octanol–water partition coefficient (Wildman–Crippen LogP) is 3.68. The van der Waals surface area contributed by atoms with E-state index >= 15 is 0 Å². The lowest BCUT2D eigenvalue weighted by Gasteiger charge is -2.09. The number of H-pyrrole nitrogens is 1. The third kappa shape index (κ3) is 3.07. The minimum Gasteiger partial charge on any atom is -0.472 e. The number of aromatic amines is 1. The normalized spacial score (nSPS) is 11.0. The summed E-state index contributed by atoms with van der Waals surface area (Å²) in [5, 5.41) is 3.35. The van der Waals surface area contributed by atoms with Crippen molar-refractivity contribution in [1.29, 1.82) is 0 Å². The highest BCUT2D eigenvalue weighted by Gasteiger charge is 2.11. The Hall–Kier alpha value is -4.07. The van der Waals surface area contributed by atoms with E-state index in [-0.39, 0.29) is 0 Å². The average Bonchev–Trinajstić information content (AvgIpc) is 3.45. The molecule has 0 radical (unpaired) electrons. The molecule has 0 spiro atoms. The highest BCUT2D eigenvalue weighted by atomic mass is 16.3. The molecule has 136 valence electrons. The molecule has 0 saturated carbocycles. The van der Waals surface area contributed by atoms with Crippen LogP contribution in [0.15, 0.2) is 72.2 Å². The van der Waals surface area contributed by atoms with Gasteiger partial charge in [-0.3, -0.25) is 9.97 Å². The number of hydrogen-bond donors (Lipinski definition) is 2. The Morgan fingerprint density at radius 2 is 2.00 bits per heavy atom. The maximum Gasteiger partial charge on any atom is 0.183 e. The van der Waals surface area contributed by atoms with Crippen LogP contribution in [-0.4, -0.2) is 29.9 Å². The Balaban J connectivity index is 1.41. The van der Waals surface area contributed by atoms with Crippen LogP contribution in [0.3, 0.4) is 0 Å². The maximum atomic E-state index is 5.11. The second-order valence-electron chi connectivity index (χ2n) is 6.16. The Labute approximate surface area is 159 Å². The van der Waals surface area contributed by atoms with Crippen LogP contribution in [0.5, 0.6) is 0 Å². The molecule has 5 aromatic rings. The van der Waals surface area contributed by atoms with Crippen LogP contribution in [0, 0.1) is 0 Å². The number of furan rings is 1. The first kappa shape index (κ1) is 16.1. The van der Waals surface area contributed by atoms with Crippen molar-refractivity contribution in [3.63, 3.8) is 0 Å². The molecule has 0 amide bonds. The molecule has 8 heteroatoms. The number of anilines is 1. The summed E-state index contributed by atoms with van der Waals surface area (Å²) in [7, 11) is 0. The molecule has 28 heavy (non-hydrogen) atoms. The molecule has 0 bridgehead atoms.